The fourth-order valence-electron chi connectivity index (χ4n) is 5.81. The Morgan fingerprint density at radius 1 is 1.27 bits per heavy atom. The van der Waals surface area contributed by atoms with Gasteiger partial charge in [0.25, 0.3) is 0 Å². The summed E-state index contributed by atoms with van der Waals surface area (Å²) in [6.07, 6.45) is 7.68. The fraction of sp³-hybridized carbons (Fsp3) is 0.952. The highest BCUT2D eigenvalue weighted by molar-refractivity contribution is 6.69. The van der Waals surface area contributed by atoms with E-state index < -0.39 is 8.32 Å². The standard InChI is InChI=1S/C21H40O4Si/c1-15(12-17(13-22)14-24-16(2)23)18-9-10-19-20(25-26(4,5)6)8-7-11-21(18,19)3/h15,17-20,22H,7-14H2,1-6H3/t15-,17+,18-,19?,20+,21-/m1/s1. The quantitative estimate of drug-likeness (QED) is 0.490. The molecule has 0 heterocycles. The Morgan fingerprint density at radius 2 is 1.96 bits per heavy atom. The Labute approximate surface area is 161 Å². The molecular formula is C21H40O4Si. The van der Waals surface area contributed by atoms with E-state index in [-0.39, 0.29) is 18.5 Å². The summed E-state index contributed by atoms with van der Waals surface area (Å²) in [4.78, 5) is 11.1. The van der Waals surface area contributed by atoms with Gasteiger partial charge in [-0.15, -0.1) is 0 Å². The van der Waals surface area contributed by atoms with E-state index in [9.17, 15) is 9.90 Å². The van der Waals surface area contributed by atoms with Gasteiger partial charge in [-0.3, -0.25) is 4.79 Å². The predicted molar refractivity (Wildman–Crippen MR) is 107 cm³/mol. The van der Waals surface area contributed by atoms with Gasteiger partial charge in [-0.05, 0) is 74.9 Å². The van der Waals surface area contributed by atoms with Crippen LogP contribution >= 0.6 is 0 Å². The van der Waals surface area contributed by atoms with Crippen molar-refractivity contribution in [3.63, 3.8) is 0 Å². The molecule has 2 aliphatic carbocycles. The van der Waals surface area contributed by atoms with Crippen LogP contribution in [0.2, 0.25) is 19.6 Å². The van der Waals surface area contributed by atoms with Crippen molar-refractivity contribution in [3.8, 4) is 0 Å². The molecule has 0 spiro atoms. The van der Waals surface area contributed by atoms with Gasteiger partial charge in [-0.25, -0.2) is 0 Å². The monoisotopic (exact) mass is 384 g/mol. The van der Waals surface area contributed by atoms with Gasteiger partial charge in [0.05, 0.1) is 6.61 Å². The van der Waals surface area contributed by atoms with Gasteiger partial charge < -0.3 is 14.3 Å². The maximum atomic E-state index is 11.1. The van der Waals surface area contributed by atoms with E-state index in [1.807, 2.05) is 0 Å². The number of esters is 1. The maximum absolute atomic E-state index is 11.1. The number of hydrogen-bond acceptors (Lipinski definition) is 4. The minimum atomic E-state index is -1.52. The zero-order valence-corrected chi connectivity index (χ0v) is 18.7. The van der Waals surface area contributed by atoms with Gasteiger partial charge in [-0.1, -0.05) is 20.3 Å². The third kappa shape index (κ3) is 5.32. The van der Waals surface area contributed by atoms with E-state index in [1.54, 1.807) is 0 Å². The average Bonchev–Trinajstić information content (AvgIpc) is 2.87. The summed E-state index contributed by atoms with van der Waals surface area (Å²) >= 11 is 0. The fourth-order valence-corrected chi connectivity index (χ4v) is 7.00. The van der Waals surface area contributed by atoms with Crippen molar-refractivity contribution in [2.75, 3.05) is 13.2 Å². The molecule has 26 heavy (non-hydrogen) atoms. The number of aliphatic hydroxyl groups excluding tert-OH is 1. The van der Waals surface area contributed by atoms with Crippen molar-refractivity contribution >= 4 is 14.3 Å². The number of aliphatic hydroxyl groups is 1. The lowest BCUT2D eigenvalue weighted by Gasteiger charge is -2.48. The molecule has 2 fully saturated rings. The van der Waals surface area contributed by atoms with Gasteiger partial charge in [0.1, 0.15) is 0 Å². The van der Waals surface area contributed by atoms with Crippen molar-refractivity contribution in [3.05, 3.63) is 0 Å². The molecule has 152 valence electrons. The number of hydrogen-bond donors (Lipinski definition) is 1. The second kappa shape index (κ2) is 8.74. The smallest absolute Gasteiger partial charge is 0.302 e. The second-order valence-electron chi connectivity index (χ2n) is 10.0. The van der Waals surface area contributed by atoms with Crippen LogP contribution < -0.4 is 0 Å². The van der Waals surface area contributed by atoms with Crippen LogP contribution in [0.25, 0.3) is 0 Å². The Kier molecular flexibility index (Phi) is 7.36. The molecule has 0 saturated heterocycles. The molecule has 1 unspecified atom stereocenters. The molecular weight excluding hydrogens is 344 g/mol. The summed E-state index contributed by atoms with van der Waals surface area (Å²) in [6.45, 7) is 13.6. The third-order valence-electron chi connectivity index (χ3n) is 6.81. The Balaban J connectivity index is 2.03. The van der Waals surface area contributed by atoms with Gasteiger partial charge in [0.2, 0.25) is 0 Å². The second-order valence-corrected chi connectivity index (χ2v) is 14.5. The molecule has 2 rings (SSSR count). The zero-order chi connectivity index (χ0) is 19.5. The van der Waals surface area contributed by atoms with E-state index in [4.69, 9.17) is 9.16 Å². The first kappa shape index (κ1) is 21.9. The van der Waals surface area contributed by atoms with E-state index in [1.165, 1.54) is 39.0 Å². The van der Waals surface area contributed by atoms with Crippen LogP contribution in [0.15, 0.2) is 0 Å². The topological polar surface area (TPSA) is 55.8 Å². The highest BCUT2D eigenvalue weighted by Crippen LogP contribution is 2.59. The number of carbonyl (C=O) groups excluding carboxylic acids is 1. The lowest BCUT2D eigenvalue weighted by Crippen LogP contribution is -2.46. The summed E-state index contributed by atoms with van der Waals surface area (Å²) in [7, 11) is -1.52. The van der Waals surface area contributed by atoms with E-state index in [0.717, 1.165) is 6.42 Å². The van der Waals surface area contributed by atoms with Crippen LogP contribution in [0, 0.1) is 29.1 Å². The molecule has 4 nitrogen and oxygen atoms in total. The van der Waals surface area contributed by atoms with Crippen LogP contribution in [-0.2, 0) is 14.0 Å². The SMILES string of the molecule is CC(=O)OC[C@H](CO)C[C@@H](C)[C@H]1CCC2[C@@H](O[Si](C)(C)C)CCC[C@@]21C. The van der Waals surface area contributed by atoms with Crippen LogP contribution in [-0.4, -0.2) is 38.7 Å². The number of rotatable bonds is 8. The van der Waals surface area contributed by atoms with Crippen molar-refractivity contribution in [1.82, 2.24) is 0 Å². The molecule has 1 N–H and O–H groups in total. The summed E-state index contributed by atoms with van der Waals surface area (Å²) < 4.78 is 11.7. The molecule has 2 aliphatic rings. The molecule has 5 heteroatoms. The van der Waals surface area contributed by atoms with Gasteiger partial charge in [0, 0.05) is 25.6 Å². The summed E-state index contributed by atoms with van der Waals surface area (Å²) in [6, 6.07) is 0. The van der Waals surface area contributed by atoms with Crippen molar-refractivity contribution in [1.29, 1.82) is 0 Å². The van der Waals surface area contributed by atoms with Crippen LogP contribution in [0.1, 0.15) is 59.3 Å². The highest BCUT2D eigenvalue weighted by Gasteiger charge is 2.53. The third-order valence-corrected chi connectivity index (χ3v) is 7.82. The van der Waals surface area contributed by atoms with Gasteiger partial charge in [-0.2, -0.15) is 0 Å². The molecule has 0 aromatic rings. The van der Waals surface area contributed by atoms with Gasteiger partial charge in [0.15, 0.2) is 8.32 Å². The minimum Gasteiger partial charge on any atom is -0.465 e. The van der Waals surface area contributed by atoms with Crippen molar-refractivity contribution in [2.24, 2.45) is 29.1 Å². The first-order valence-corrected chi connectivity index (χ1v) is 13.9. The first-order valence-electron chi connectivity index (χ1n) is 10.5. The molecule has 6 atom stereocenters. The van der Waals surface area contributed by atoms with Crippen molar-refractivity contribution in [2.45, 2.75) is 85.0 Å². The summed E-state index contributed by atoms with van der Waals surface area (Å²) in [5.74, 6) is 1.67. The lowest BCUT2D eigenvalue weighted by molar-refractivity contribution is -0.143. The number of carbonyl (C=O) groups is 1. The number of ether oxygens (including phenoxy) is 1. The first-order chi connectivity index (χ1) is 12.1. The molecule has 0 aromatic heterocycles. The van der Waals surface area contributed by atoms with Gasteiger partial charge >= 0.3 is 5.97 Å². The molecule has 0 aliphatic heterocycles. The minimum absolute atomic E-state index is 0.0502. The summed E-state index contributed by atoms with van der Waals surface area (Å²) in [5.41, 5.74) is 0.351. The molecule has 2 saturated carbocycles. The molecule has 0 bridgehead atoms. The van der Waals surface area contributed by atoms with Crippen molar-refractivity contribution < 1.29 is 19.1 Å². The number of fused-ring (bicyclic) bond motifs is 1. The van der Waals surface area contributed by atoms with Crippen LogP contribution in [0.5, 0.6) is 0 Å². The largest absolute Gasteiger partial charge is 0.465 e. The Morgan fingerprint density at radius 3 is 2.54 bits per heavy atom. The normalized spacial score (nSPS) is 34.2. The zero-order valence-electron chi connectivity index (χ0n) is 17.7. The predicted octanol–water partition coefficient (Wildman–Crippen LogP) is 4.62. The average molecular weight is 385 g/mol. The molecule has 0 amide bonds. The van der Waals surface area contributed by atoms with E-state index in [0.29, 0.717) is 35.9 Å². The highest BCUT2D eigenvalue weighted by atomic mass is 28.4. The van der Waals surface area contributed by atoms with Crippen LogP contribution in [0.3, 0.4) is 0 Å². The maximum Gasteiger partial charge on any atom is 0.302 e. The molecule has 0 aromatic carbocycles. The lowest BCUT2D eigenvalue weighted by atomic mass is 9.61. The molecule has 0 radical (unpaired) electrons. The van der Waals surface area contributed by atoms with Crippen LogP contribution in [0.4, 0.5) is 0 Å². The Bertz CT molecular complexity index is 475. The van der Waals surface area contributed by atoms with E-state index in [2.05, 4.69) is 33.5 Å². The Hall–Kier alpha value is -0.393. The van der Waals surface area contributed by atoms with E-state index >= 15 is 0 Å². The summed E-state index contributed by atoms with van der Waals surface area (Å²) in [5, 5.41) is 9.69.